The maximum Gasteiger partial charge on any atom is 0.228 e. The standard InChI is InChI=1S/C24H20FN3O2/c25-18-9-7-17(8-10-18)19-5-1-2-6-20(19)24-21(13-26)28(22(24)15-29)23(30)12-16-4-3-11-27-14-16/h1-11,14,21-22,24,29H,12,15H2/t21-,22+,24+/m0/s1. The van der Waals surface area contributed by atoms with Crippen molar-refractivity contribution in [3.05, 3.63) is 90.0 Å². The van der Waals surface area contributed by atoms with Crippen LogP contribution >= 0.6 is 0 Å². The lowest BCUT2D eigenvalue weighted by atomic mass is 9.73. The van der Waals surface area contributed by atoms with Gasteiger partial charge in [-0.25, -0.2) is 4.39 Å². The average molecular weight is 401 g/mol. The number of nitrogens with zero attached hydrogens (tertiary/aromatic N) is 3. The van der Waals surface area contributed by atoms with E-state index in [1.165, 1.54) is 17.0 Å². The Hall–Kier alpha value is -3.56. The Morgan fingerprint density at radius 3 is 2.57 bits per heavy atom. The molecule has 3 aromatic rings. The summed E-state index contributed by atoms with van der Waals surface area (Å²) >= 11 is 0. The predicted molar refractivity (Wildman–Crippen MR) is 110 cm³/mol. The Morgan fingerprint density at radius 1 is 1.13 bits per heavy atom. The molecule has 0 spiro atoms. The van der Waals surface area contributed by atoms with E-state index in [2.05, 4.69) is 11.1 Å². The molecule has 0 bridgehead atoms. The maximum absolute atomic E-state index is 13.4. The van der Waals surface area contributed by atoms with Crippen molar-refractivity contribution in [3.8, 4) is 17.2 Å². The van der Waals surface area contributed by atoms with Crippen LogP contribution in [0, 0.1) is 17.1 Å². The van der Waals surface area contributed by atoms with Gasteiger partial charge in [-0.05, 0) is 40.5 Å². The first-order chi connectivity index (χ1) is 14.6. The highest BCUT2D eigenvalue weighted by atomic mass is 19.1. The number of aliphatic hydroxyl groups is 1. The zero-order valence-electron chi connectivity index (χ0n) is 16.1. The van der Waals surface area contributed by atoms with E-state index < -0.39 is 12.1 Å². The zero-order chi connectivity index (χ0) is 21.1. The number of nitriles is 1. The minimum absolute atomic E-state index is 0.120. The van der Waals surface area contributed by atoms with Gasteiger partial charge in [0.15, 0.2) is 0 Å². The minimum atomic E-state index is -0.687. The normalized spacial score (nSPS) is 20.3. The van der Waals surface area contributed by atoms with Crippen molar-refractivity contribution in [3.63, 3.8) is 0 Å². The molecule has 1 N–H and O–H groups in total. The lowest BCUT2D eigenvalue weighted by molar-refractivity contribution is -0.146. The molecule has 6 heteroatoms. The van der Waals surface area contributed by atoms with Crippen LogP contribution in [0.4, 0.5) is 4.39 Å². The van der Waals surface area contributed by atoms with Crippen LogP contribution in [0.25, 0.3) is 11.1 Å². The van der Waals surface area contributed by atoms with Gasteiger partial charge in [0, 0.05) is 18.3 Å². The van der Waals surface area contributed by atoms with E-state index in [-0.39, 0.29) is 30.7 Å². The Labute approximate surface area is 174 Å². The van der Waals surface area contributed by atoms with Crippen LogP contribution in [0.15, 0.2) is 73.1 Å². The number of amides is 1. The maximum atomic E-state index is 13.4. The van der Waals surface area contributed by atoms with Crippen LogP contribution in [0.2, 0.25) is 0 Å². The minimum Gasteiger partial charge on any atom is -0.394 e. The summed E-state index contributed by atoms with van der Waals surface area (Å²) in [6.45, 7) is -0.251. The molecule has 1 amide bonds. The number of carbonyl (C=O) groups excluding carboxylic acids is 1. The fraction of sp³-hybridized carbons (Fsp3) is 0.208. The summed E-state index contributed by atoms with van der Waals surface area (Å²) in [6, 6.07) is 18.3. The molecule has 3 atom stereocenters. The van der Waals surface area contributed by atoms with Gasteiger partial charge in [-0.2, -0.15) is 5.26 Å². The molecule has 5 nitrogen and oxygen atoms in total. The van der Waals surface area contributed by atoms with E-state index in [4.69, 9.17) is 0 Å². The first kappa shape index (κ1) is 19.7. The van der Waals surface area contributed by atoms with Crippen molar-refractivity contribution >= 4 is 5.91 Å². The third-order valence-corrected chi connectivity index (χ3v) is 5.57. The highest BCUT2D eigenvalue weighted by Crippen LogP contribution is 2.44. The summed E-state index contributed by atoms with van der Waals surface area (Å²) in [5, 5.41) is 19.9. The molecule has 1 aromatic heterocycles. The van der Waals surface area contributed by atoms with Crippen LogP contribution in [0.5, 0.6) is 0 Å². The summed E-state index contributed by atoms with van der Waals surface area (Å²) < 4.78 is 13.4. The van der Waals surface area contributed by atoms with Crippen LogP contribution < -0.4 is 0 Å². The van der Waals surface area contributed by atoms with E-state index in [1.54, 1.807) is 36.7 Å². The first-order valence-electron chi connectivity index (χ1n) is 9.69. The second-order valence-electron chi connectivity index (χ2n) is 7.28. The molecule has 1 fully saturated rings. The number of halogens is 1. The molecular weight excluding hydrogens is 381 g/mol. The highest BCUT2D eigenvalue weighted by molar-refractivity contribution is 5.82. The Morgan fingerprint density at radius 2 is 1.90 bits per heavy atom. The molecule has 1 saturated heterocycles. The van der Waals surface area contributed by atoms with Crippen LogP contribution in [0.3, 0.4) is 0 Å². The largest absolute Gasteiger partial charge is 0.394 e. The molecule has 0 radical (unpaired) electrons. The number of aromatic nitrogens is 1. The van der Waals surface area contributed by atoms with Crippen LogP contribution in [0.1, 0.15) is 17.0 Å². The monoisotopic (exact) mass is 401 g/mol. The van der Waals surface area contributed by atoms with Crippen molar-refractivity contribution in [1.82, 2.24) is 9.88 Å². The van der Waals surface area contributed by atoms with Gasteiger partial charge in [0.1, 0.15) is 11.9 Å². The molecule has 0 saturated carbocycles. The molecule has 1 aliphatic heterocycles. The van der Waals surface area contributed by atoms with E-state index >= 15 is 0 Å². The fourth-order valence-electron chi connectivity index (χ4n) is 4.17. The third kappa shape index (κ3) is 3.56. The second kappa shape index (κ2) is 8.44. The number of likely N-dealkylation sites (tertiary alicyclic amines) is 1. The smallest absolute Gasteiger partial charge is 0.228 e. The van der Waals surface area contributed by atoms with E-state index in [0.717, 1.165) is 22.3 Å². The number of pyridine rings is 1. The SMILES string of the molecule is N#C[C@H]1[C@@H](c2ccccc2-c2ccc(F)cc2)[C@@H](CO)N1C(=O)Cc1cccnc1. The van der Waals surface area contributed by atoms with Gasteiger partial charge in [0.25, 0.3) is 0 Å². The quantitative estimate of drug-likeness (QED) is 0.712. The van der Waals surface area contributed by atoms with Crippen molar-refractivity contribution in [1.29, 1.82) is 5.26 Å². The molecule has 2 aromatic carbocycles. The van der Waals surface area contributed by atoms with E-state index in [0.29, 0.717) is 0 Å². The number of rotatable bonds is 5. The summed E-state index contributed by atoms with van der Waals surface area (Å²) in [4.78, 5) is 18.4. The van der Waals surface area contributed by atoms with Crippen LogP contribution in [-0.2, 0) is 11.2 Å². The summed E-state index contributed by atoms with van der Waals surface area (Å²) in [5.41, 5.74) is 3.30. The number of carbonyl (C=O) groups is 1. The first-order valence-corrected chi connectivity index (χ1v) is 9.69. The molecule has 1 aliphatic rings. The van der Waals surface area contributed by atoms with E-state index in [9.17, 15) is 19.6 Å². The lowest BCUT2D eigenvalue weighted by Gasteiger charge is -2.52. The average Bonchev–Trinajstić information content (AvgIpc) is 2.75. The topological polar surface area (TPSA) is 77.2 Å². The van der Waals surface area contributed by atoms with Gasteiger partial charge in [0.05, 0.1) is 25.1 Å². The Balaban J connectivity index is 1.65. The fourth-order valence-corrected chi connectivity index (χ4v) is 4.17. The molecular formula is C24H20FN3O2. The summed E-state index contributed by atoms with van der Waals surface area (Å²) in [7, 11) is 0. The molecule has 150 valence electrons. The van der Waals surface area contributed by atoms with Gasteiger partial charge < -0.3 is 10.0 Å². The van der Waals surface area contributed by atoms with Crippen molar-refractivity contribution < 1.29 is 14.3 Å². The third-order valence-electron chi connectivity index (χ3n) is 5.57. The predicted octanol–water partition coefficient (Wildman–Crippen LogP) is 3.31. The zero-order valence-corrected chi connectivity index (χ0v) is 16.1. The number of hydrogen-bond donors (Lipinski definition) is 1. The van der Waals surface area contributed by atoms with E-state index in [1.807, 2.05) is 24.3 Å². The van der Waals surface area contributed by atoms with Crippen molar-refractivity contribution in [2.75, 3.05) is 6.61 Å². The van der Waals surface area contributed by atoms with Gasteiger partial charge in [0.2, 0.25) is 5.91 Å². The molecule has 2 heterocycles. The number of aliphatic hydroxyl groups excluding tert-OH is 1. The van der Waals surface area contributed by atoms with Crippen molar-refractivity contribution in [2.45, 2.75) is 24.4 Å². The Bertz CT molecular complexity index is 1080. The summed E-state index contributed by atoms with van der Waals surface area (Å²) in [6.07, 6.45) is 3.37. The highest BCUT2D eigenvalue weighted by Gasteiger charge is 2.52. The molecule has 30 heavy (non-hydrogen) atoms. The summed E-state index contributed by atoms with van der Waals surface area (Å²) in [5.74, 6) is -0.876. The molecule has 0 aliphatic carbocycles. The van der Waals surface area contributed by atoms with Crippen LogP contribution in [-0.4, -0.2) is 39.6 Å². The van der Waals surface area contributed by atoms with Gasteiger partial charge in [-0.3, -0.25) is 9.78 Å². The van der Waals surface area contributed by atoms with Crippen molar-refractivity contribution in [2.24, 2.45) is 0 Å². The number of benzene rings is 2. The Kier molecular flexibility index (Phi) is 5.55. The number of hydrogen-bond acceptors (Lipinski definition) is 4. The second-order valence-corrected chi connectivity index (χ2v) is 7.28. The molecule has 0 unspecified atom stereocenters. The van der Waals surface area contributed by atoms with Gasteiger partial charge in [-0.1, -0.05) is 42.5 Å². The van der Waals surface area contributed by atoms with Gasteiger partial charge >= 0.3 is 0 Å². The lowest BCUT2D eigenvalue weighted by Crippen LogP contribution is -2.65. The van der Waals surface area contributed by atoms with Gasteiger partial charge in [-0.15, -0.1) is 0 Å². The molecule has 4 rings (SSSR count).